The number of hydrogen-bond donors (Lipinski definition) is 2. The van der Waals surface area contributed by atoms with Crippen LogP contribution in [-0.4, -0.2) is 30.6 Å². The molecule has 0 aromatic rings. The Morgan fingerprint density at radius 2 is 1.75 bits per heavy atom. The maximum Gasteiger partial charge on any atom is 0.0425 e. The highest BCUT2D eigenvalue weighted by molar-refractivity contribution is 5.04. The Hall–Kier alpha value is -0.120. The van der Waals surface area contributed by atoms with E-state index >= 15 is 0 Å². The van der Waals surface area contributed by atoms with Gasteiger partial charge in [-0.25, -0.2) is 0 Å². The third kappa shape index (κ3) is 3.05. The second-order valence-corrected chi connectivity index (χ2v) is 7.32. The molecule has 0 spiro atoms. The number of nitrogens with one attached hydrogen (secondary N) is 1. The quantitative estimate of drug-likeness (QED) is 0.600. The first-order valence-electron chi connectivity index (χ1n) is 8.79. The van der Waals surface area contributed by atoms with Crippen molar-refractivity contribution in [2.75, 3.05) is 14.1 Å². The smallest absolute Gasteiger partial charge is 0.0425 e. The van der Waals surface area contributed by atoms with Crippen LogP contribution in [0.25, 0.3) is 0 Å². The number of rotatable bonds is 5. The van der Waals surface area contributed by atoms with E-state index in [1.165, 1.54) is 64.2 Å². The molecule has 3 unspecified atom stereocenters. The molecule has 0 bridgehead atoms. The largest absolute Gasteiger partial charge is 0.302 e. The molecule has 0 saturated heterocycles. The van der Waals surface area contributed by atoms with E-state index in [9.17, 15) is 0 Å². The molecule has 0 aromatic heterocycles. The van der Waals surface area contributed by atoms with Crippen molar-refractivity contribution in [1.82, 2.24) is 10.3 Å². The van der Waals surface area contributed by atoms with Gasteiger partial charge in [0.15, 0.2) is 0 Å². The molecule has 2 rings (SSSR count). The molecule has 0 aliphatic heterocycles. The van der Waals surface area contributed by atoms with Crippen molar-refractivity contribution in [3.05, 3.63) is 0 Å². The summed E-state index contributed by atoms with van der Waals surface area (Å²) in [6.45, 7) is 2.36. The van der Waals surface area contributed by atoms with Crippen LogP contribution in [0.3, 0.4) is 0 Å². The third-order valence-corrected chi connectivity index (χ3v) is 6.29. The Morgan fingerprint density at radius 3 is 2.30 bits per heavy atom. The zero-order chi connectivity index (χ0) is 14.6. The van der Waals surface area contributed by atoms with Gasteiger partial charge in [-0.15, -0.1) is 0 Å². The van der Waals surface area contributed by atoms with Gasteiger partial charge in [-0.3, -0.25) is 11.3 Å². The molecule has 0 amide bonds. The van der Waals surface area contributed by atoms with Crippen molar-refractivity contribution < 1.29 is 0 Å². The average Bonchev–Trinajstić information content (AvgIpc) is 2.49. The van der Waals surface area contributed by atoms with Crippen molar-refractivity contribution >= 4 is 0 Å². The maximum absolute atomic E-state index is 6.10. The highest BCUT2D eigenvalue weighted by Crippen LogP contribution is 2.43. The Balaban J connectivity index is 2.22. The molecular formula is C17H35N3. The van der Waals surface area contributed by atoms with E-state index in [1.54, 1.807) is 0 Å². The highest BCUT2D eigenvalue weighted by atomic mass is 15.3. The number of nitrogens with two attached hydrogens (primary N) is 1. The number of hydrogen-bond acceptors (Lipinski definition) is 3. The lowest BCUT2D eigenvalue weighted by atomic mass is 9.64. The standard InChI is InChI=1S/C17H35N3/c1-4-14-10-6-7-11-15(14)16(19-18)17(20(2)3)12-8-5-9-13-17/h14-16,19H,4-13,18H2,1-3H3. The van der Waals surface area contributed by atoms with Gasteiger partial charge in [0.25, 0.3) is 0 Å². The Kier molecular flexibility index (Phi) is 5.88. The molecule has 20 heavy (non-hydrogen) atoms. The highest BCUT2D eigenvalue weighted by Gasteiger charge is 2.46. The van der Waals surface area contributed by atoms with Crippen LogP contribution in [0.15, 0.2) is 0 Å². The molecule has 118 valence electrons. The summed E-state index contributed by atoms with van der Waals surface area (Å²) in [4.78, 5) is 2.48. The van der Waals surface area contributed by atoms with Crippen molar-refractivity contribution in [1.29, 1.82) is 0 Å². The summed E-state index contributed by atoms with van der Waals surface area (Å²) >= 11 is 0. The van der Waals surface area contributed by atoms with Crippen LogP contribution in [-0.2, 0) is 0 Å². The van der Waals surface area contributed by atoms with Gasteiger partial charge in [0.2, 0.25) is 0 Å². The zero-order valence-electron chi connectivity index (χ0n) is 13.8. The van der Waals surface area contributed by atoms with Gasteiger partial charge in [0.1, 0.15) is 0 Å². The Labute approximate surface area is 125 Å². The van der Waals surface area contributed by atoms with Crippen LogP contribution < -0.4 is 11.3 Å². The van der Waals surface area contributed by atoms with Crippen LogP contribution in [0.1, 0.15) is 71.1 Å². The molecule has 3 nitrogen and oxygen atoms in total. The van der Waals surface area contributed by atoms with E-state index < -0.39 is 0 Å². The predicted molar refractivity (Wildman–Crippen MR) is 86.4 cm³/mol. The second-order valence-electron chi connectivity index (χ2n) is 7.32. The molecule has 3 N–H and O–H groups in total. The summed E-state index contributed by atoms with van der Waals surface area (Å²) in [5, 5.41) is 0. The van der Waals surface area contributed by atoms with Crippen LogP contribution >= 0.6 is 0 Å². The monoisotopic (exact) mass is 281 g/mol. The van der Waals surface area contributed by atoms with E-state index in [-0.39, 0.29) is 5.54 Å². The fourth-order valence-electron chi connectivity index (χ4n) is 5.06. The third-order valence-electron chi connectivity index (χ3n) is 6.29. The summed E-state index contributed by atoms with van der Waals surface area (Å²) in [5.41, 5.74) is 3.57. The van der Waals surface area contributed by atoms with E-state index in [4.69, 9.17) is 5.84 Å². The van der Waals surface area contributed by atoms with Gasteiger partial charge < -0.3 is 4.90 Å². The molecule has 3 heteroatoms. The van der Waals surface area contributed by atoms with Crippen LogP contribution in [0.4, 0.5) is 0 Å². The fourth-order valence-corrected chi connectivity index (χ4v) is 5.06. The van der Waals surface area contributed by atoms with Gasteiger partial charge >= 0.3 is 0 Å². The van der Waals surface area contributed by atoms with E-state index in [1.807, 2.05) is 0 Å². The van der Waals surface area contributed by atoms with E-state index in [0.717, 1.165) is 11.8 Å². The van der Waals surface area contributed by atoms with Crippen molar-refractivity contribution in [2.45, 2.75) is 82.7 Å². The first-order valence-corrected chi connectivity index (χ1v) is 8.79. The first-order chi connectivity index (χ1) is 9.65. The maximum atomic E-state index is 6.10. The summed E-state index contributed by atoms with van der Waals surface area (Å²) < 4.78 is 0. The molecule has 2 saturated carbocycles. The minimum atomic E-state index is 0.280. The fraction of sp³-hybridized carbons (Fsp3) is 1.00. The second kappa shape index (κ2) is 7.24. The Morgan fingerprint density at radius 1 is 1.10 bits per heavy atom. The van der Waals surface area contributed by atoms with Gasteiger partial charge in [0.05, 0.1) is 0 Å². The number of hydrazine groups is 1. The minimum absolute atomic E-state index is 0.280. The normalized spacial score (nSPS) is 32.2. The van der Waals surface area contributed by atoms with E-state index in [0.29, 0.717) is 6.04 Å². The number of likely N-dealkylation sites (N-methyl/N-ethyl adjacent to an activating group) is 1. The van der Waals surface area contributed by atoms with Gasteiger partial charge in [-0.05, 0) is 45.2 Å². The Bertz CT molecular complexity index is 284. The van der Waals surface area contributed by atoms with Crippen LogP contribution in [0, 0.1) is 11.8 Å². The van der Waals surface area contributed by atoms with Gasteiger partial charge in [-0.1, -0.05) is 51.9 Å². The molecule has 0 heterocycles. The van der Waals surface area contributed by atoms with Crippen LogP contribution in [0.2, 0.25) is 0 Å². The first kappa shape index (κ1) is 16.3. The lowest BCUT2D eigenvalue weighted by Crippen LogP contribution is -2.65. The molecular weight excluding hydrogens is 246 g/mol. The molecule has 0 aromatic carbocycles. The average molecular weight is 281 g/mol. The van der Waals surface area contributed by atoms with Crippen molar-refractivity contribution in [2.24, 2.45) is 17.7 Å². The summed E-state index contributed by atoms with van der Waals surface area (Å²) in [7, 11) is 4.53. The summed E-state index contributed by atoms with van der Waals surface area (Å²) in [5.74, 6) is 7.73. The van der Waals surface area contributed by atoms with E-state index in [2.05, 4.69) is 31.3 Å². The topological polar surface area (TPSA) is 41.3 Å². The van der Waals surface area contributed by atoms with Crippen LogP contribution in [0.5, 0.6) is 0 Å². The van der Waals surface area contributed by atoms with Gasteiger partial charge in [-0.2, -0.15) is 0 Å². The summed E-state index contributed by atoms with van der Waals surface area (Å²) in [6.07, 6.45) is 13.6. The SMILES string of the molecule is CCC1CCCCC1C(NN)C1(N(C)C)CCCCC1. The van der Waals surface area contributed by atoms with Crippen molar-refractivity contribution in [3.63, 3.8) is 0 Å². The van der Waals surface area contributed by atoms with Gasteiger partial charge in [0, 0.05) is 11.6 Å². The minimum Gasteiger partial charge on any atom is -0.302 e. The summed E-state index contributed by atoms with van der Waals surface area (Å²) in [6, 6.07) is 0.461. The lowest BCUT2D eigenvalue weighted by Gasteiger charge is -2.53. The lowest BCUT2D eigenvalue weighted by molar-refractivity contribution is 0.00680. The van der Waals surface area contributed by atoms with Crippen molar-refractivity contribution in [3.8, 4) is 0 Å². The molecule has 3 atom stereocenters. The zero-order valence-corrected chi connectivity index (χ0v) is 13.8. The molecule has 2 aliphatic rings. The molecule has 2 fully saturated rings. The predicted octanol–water partition coefficient (Wildman–Crippen LogP) is 3.30. The molecule has 2 aliphatic carbocycles. The number of nitrogens with zero attached hydrogens (tertiary/aromatic N) is 1. The molecule has 0 radical (unpaired) electrons.